The molecule has 1 N–H and O–H groups in total. The number of methoxy groups -OCH3 is 1. The van der Waals surface area contributed by atoms with Crippen LogP contribution in [0.4, 0.5) is 0 Å². The fraction of sp³-hybridized carbons (Fsp3) is 0.375. The lowest BCUT2D eigenvalue weighted by atomic mass is 10.0. The van der Waals surface area contributed by atoms with Gasteiger partial charge in [0.2, 0.25) is 5.88 Å². The zero-order valence-electron chi connectivity index (χ0n) is 19.6. The number of nitrogens with one attached hydrogen (secondary N) is 1. The van der Waals surface area contributed by atoms with Gasteiger partial charge in [-0.05, 0) is 46.6 Å². The Labute approximate surface area is 190 Å². The summed E-state index contributed by atoms with van der Waals surface area (Å²) in [5, 5.41) is 9.82. The van der Waals surface area contributed by atoms with Gasteiger partial charge >= 0.3 is 0 Å². The monoisotopic (exact) mass is 443 g/mol. The zero-order valence-corrected chi connectivity index (χ0v) is 19.6. The molecular weight excluding hydrogens is 418 g/mol. The first-order valence-electron chi connectivity index (χ1n) is 11.1. The molecule has 5 heterocycles. The van der Waals surface area contributed by atoms with Crippen molar-refractivity contribution in [2.75, 3.05) is 7.11 Å². The Morgan fingerprint density at radius 3 is 2.55 bits per heavy atom. The summed E-state index contributed by atoms with van der Waals surface area (Å²) in [6, 6.07) is 2.03. The highest BCUT2D eigenvalue weighted by molar-refractivity contribution is 6.11. The molecule has 0 spiro atoms. The van der Waals surface area contributed by atoms with Gasteiger partial charge in [-0.3, -0.25) is 4.68 Å². The van der Waals surface area contributed by atoms with Gasteiger partial charge in [-0.2, -0.15) is 5.10 Å². The molecule has 0 bridgehead atoms. The summed E-state index contributed by atoms with van der Waals surface area (Å²) in [5.74, 6) is 2.42. The fourth-order valence-electron chi connectivity index (χ4n) is 4.75. The SMILES string of the molecule is COc1nc2c(cc1-c1c(C)noc1C)[nH]c1nc(C)nc(-c3c(C4CC4)nn(C)c3C)c12. The Kier molecular flexibility index (Phi) is 4.14. The van der Waals surface area contributed by atoms with E-state index in [-0.39, 0.29) is 0 Å². The maximum absolute atomic E-state index is 5.72. The summed E-state index contributed by atoms with van der Waals surface area (Å²) in [7, 11) is 3.62. The van der Waals surface area contributed by atoms with Crippen molar-refractivity contribution in [3.8, 4) is 28.3 Å². The van der Waals surface area contributed by atoms with E-state index in [1.54, 1.807) is 7.11 Å². The molecule has 0 unspecified atom stereocenters. The first-order chi connectivity index (χ1) is 15.9. The lowest BCUT2D eigenvalue weighted by Crippen LogP contribution is -1.97. The molecule has 6 rings (SSSR count). The molecule has 5 aromatic heterocycles. The molecule has 0 aromatic carbocycles. The normalized spacial score (nSPS) is 14.0. The predicted molar refractivity (Wildman–Crippen MR) is 124 cm³/mol. The van der Waals surface area contributed by atoms with Crippen LogP contribution >= 0.6 is 0 Å². The van der Waals surface area contributed by atoms with Gasteiger partial charge in [0.25, 0.3) is 0 Å². The van der Waals surface area contributed by atoms with Gasteiger partial charge in [0.15, 0.2) is 0 Å². The highest BCUT2D eigenvalue weighted by atomic mass is 16.5. The van der Waals surface area contributed by atoms with Crippen molar-refractivity contribution in [3.63, 3.8) is 0 Å². The van der Waals surface area contributed by atoms with Crippen LogP contribution in [0.2, 0.25) is 0 Å². The Morgan fingerprint density at radius 1 is 1.09 bits per heavy atom. The second-order valence-electron chi connectivity index (χ2n) is 8.85. The van der Waals surface area contributed by atoms with E-state index in [2.05, 4.69) is 17.1 Å². The van der Waals surface area contributed by atoms with E-state index in [1.165, 1.54) is 0 Å². The molecule has 168 valence electrons. The van der Waals surface area contributed by atoms with Gasteiger partial charge in [0.05, 0.1) is 46.2 Å². The van der Waals surface area contributed by atoms with Crippen LogP contribution in [0.15, 0.2) is 10.6 Å². The number of fused-ring (bicyclic) bond motifs is 3. The summed E-state index contributed by atoms with van der Waals surface area (Å²) >= 11 is 0. The molecule has 0 radical (unpaired) electrons. The maximum atomic E-state index is 5.72. The van der Waals surface area contributed by atoms with Crippen molar-refractivity contribution in [1.29, 1.82) is 0 Å². The second kappa shape index (κ2) is 6.87. The molecule has 9 nitrogen and oxygen atoms in total. The van der Waals surface area contributed by atoms with Crippen molar-refractivity contribution in [1.82, 2.24) is 34.9 Å². The minimum Gasteiger partial charge on any atom is -0.481 e. The molecule has 5 aromatic rings. The number of rotatable bonds is 4. The minimum atomic E-state index is 0.490. The van der Waals surface area contributed by atoms with Crippen molar-refractivity contribution in [3.05, 3.63) is 34.7 Å². The highest BCUT2D eigenvalue weighted by Crippen LogP contribution is 2.46. The van der Waals surface area contributed by atoms with Gasteiger partial charge in [0, 0.05) is 24.2 Å². The van der Waals surface area contributed by atoms with E-state index in [4.69, 9.17) is 29.3 Å². The lowest BCUT2D eigenvalue weighted by molar-refractivity contribution is 0.392. The van der Waals surface area contributed by atoms with E-state index < -0.39 is 0 Å². The Balaban J connectivity index is 1.69. The predicted octanol–water partition coefficient (Wildman–Crippen LogP) is 4.68. The maximum Gasteiger partial charge on any atom is 0.221 e. The number of hydrogen-bond acceptors (Lipinski definition) is 7. The van der Waals surface area contributed by atoms with Crippen LogP contribution in [0.5, 0.6) is 5.88 Å². The summed E-state index contributed by atoms with van der Waals surface area (Å²) in [6.45, 7) is 7.82. The van der Waals surface area contributed by atoms with Gasteiger partial charge in [-0.1, -0.05) is 5.16 Å². The summed E-state index contributed by atoms with van der Waals surface area (Å²) in [4.78, 5) is 18.0. The van der Waals surface area contributed by atoms with Gasteiger partial charge in [-0.25, -0.2) is 15.0 Å². The third-order valence-corrected chi connectivity index (χ3v) is 6.56. The van der Waals surface area contributed by atoms with Crippen LogP contribution in [0.1, 0.15) is 47.4 Å². The second-order valence-corrected chi connectivity index (χ2v) is 8.85. The van der Waals surface area contributed by atoms with Gasteiger partial charge < -0.3 is 14.2 Å². The van der Waals surface area contributed by atoms with E-state index in [9.17, 15) is 0 Å². The van der Waals surface area contributed by atoms with E-state index in [0.717, 1.165) is 80.1 Å². The van der Waals surface area contributed by atoms with Crippen molar-refractivity contribution >= 4 is 22.1 Å². The number of aromatic nitrogens is 7. The molecule has 1 saturated carbocycles. The Morgan fingerprint density at radius 2 is 1.88 bits per heavy atom. The minimum absolute atomic E-state index is 0.490. The van der Waals surface area contributed by atoms with Crippen molar-refractivity contribution < 1.29 is 9.26 Å². The number of nitrogens with zero attached hydrogens (tertiary/aromatic N) is 6. The van der Waals surface area contributed by atoms with E-state index in [1.807, 2.05) is 38.6 Å². The largest absolute Gasteiger partial charge is 0.481 e. The average molecular weight is 444 g/mol. The number of hydrogen-bond donors (Lipinski definition) is 1. The summed E-state index contributed by atoms with van der Waals surface area (Å²) in [6.07, 6.45) is 2.33. The molecular formula is C24H25N7O2. The number of aromatic amines is 1. The fourth-order valence-corrected chi connectivity index (χ4v) is 4.75. The number of pyridine rings is 1. The van der Waals surface area contributed by atoms with Crippen molar-refractivity contribution in [2.45, 2.75) is 46.5 Å². The molecule has 1 aliphatic carbocycles. The average Bonchev–Trinajstić information content (AvgIpc) is 3.41. The van der Waals surface area contributed by atoms with E-state index >= 15 is 0 Å². The van der Waals surface area contributed by atoms with Crippen molar-refractivity contribution in [2.24, 2.45) is 7.05 Å². The number of H-pyrrole nitrogens is 1. The third kappa shape index (κ3) is 2.88. The molecule has 9 heteroatoms. The first-order valence-corrected chi connectivity index (χ1v) is 11.1. The van der Waals surface area contributed by atoms with Gasteiger partial charge in [-0.15, -0.1) is 0 Å². The highest BCUT2D eigenvalue weighted by Gasteiger charge is 2.33. The van der Waals surface area contributed by atoms with Crippen LogP contribution in [0.3, 0.4) is 0 Å². The quantitative estimate of drug-likeness (QED) is 0.430. The molecule has 0 atom stereocenters. The van der Waals surface area contributed by atoms with Crippen LogP contribution in [-0.4, -0.2) is 42.0 Å². The number of aryl methyl sites for hydroxylation is 4. The number of ether oxygens (including phenoxy) is 1. The molecule has 0 aliphatic heterocycles. The van der Waals surface area contributed by atoms with Crippen LogP contribution in [-0.2, 0) is 7.05 Å². The third-order valence-electron chi connectivity index (χ3n) is 6.56. The lowest BCUT2D eigenvalue weighted by Gasteiger charge is -2.09. The summed E-state index contributed by atoms with van der Waals surface area (Å²) < 4.78 is 13.1. The standard InChI is InChI=1S/C24H25N7O2/c1-10-17(12(3)33-30-10)15-9-16-21(28-24(15)32-6)19-22(25-13(4)26-23(19)27-16)18-11(2)31(5)29-20(18)14-7-8-14/h9,14H,7-8H2,1-6H3,(H,25,26,27). The van der Waals surface area contributed by atoms with Crippen LogP contribution in [0, 0.1) is 27.7 Å². The molecule has 1 aliphatic rings. The molecule has 33 heavy (non-hydrogen) atoms. The van der Waals surface area contributed by atoms with Gasteiger partial charge in [0.1, 0.15) is 22.7 Å². The Hall–Kier alpha value is -3.75. The van der Waals surface area contributed by atoms with Crippen LogP contribution < -0.4 is 4.74 Å². The molecule has 1 fully saturated rings. The molecule has 0 amide bonds. The van der Waals surface area contributed by atoms with E-state index in [0.29, 0.717) is 17.6 Å². The first kappa shape index (κ1) is 19.9. The van der Waals surface area contributed by atoms with Crippen LogP contribution in [0.25, 0.3) is 44.5 Å². The topological polar surface area (TPSA) is 108 Å². The Bertz CT molecular complexity index is 1550. The smallest absolute Gasteiger partial charge is 0.221 e. The molecule has 0 saturated heterocycles. The summed E-state index contributed by atoms with van der Waals surface area (Å²) in [5.41, 5.74) is 9.06. The zero-order chi connectivity index (χ0) is 23.0.